The van der Waals surface area contributed by atoms with Crippen molar-refractivity contribution in [2.75, 3.05) is 6.61 Å². The van der Waals surface area contributed by atoms with Crippen LogP contribution in [0.3, 0.4) is 0 Å². The van der Waals surface area contributed by atoms with Crippen molar-refractivity contribution in [3.05, 3.63) is 29.8 Å². The molecule has 0 atom stereocenters. The first-order valence-corrected chi connectivity index (χ1v) is 3.88. The summed E-state index contributed by atoms with van der Waals surface area (Å²) in [6, 6.07) is 8.12. The van der Waals surface area contributed by atoms with Gasteiger partial charge in [-0.3, -0.25) is 4.84 Å². The molecule has 0 bridgehead atoms. The fraction of sp³-hybridized carbons (Fsp3) is 0.333. The molecule has 0 N–H and O–H groups in total. The lowest BCUT2D eigenvalue weighted by Gasteiger charge is -2.00. The molecule has 0 saturated heterocycles. The van der Waals surface area contributed by atoms with E-state index >= 15 is 0 Å². The summed E-state index contributed by atoms with van der Waals surface area (Å²) in [5.74, 6) is 0. The zero-order valence-corrected chi connectivity index (χ0v) is 6.29. The van der Waals surface area contributed by atoms with E-state index in [0.29, 0.717) is 0 Å². The Kier molecular flexibility index (Phi) is 1.78. The molecule has 2 rings (SSSR count). The molecule has 1 aromatic carbocycles. The number of rotatable bonds is 0. The lowest BCUT2D eigenvalue weighted by atomic mass is 10.1. The molecular weight excluding hydrogens is 138 g/mol. The molecule has 57 valence electrons. The summed E-state index contributed by atoms with van der Waals surface area (Å²) in [5, 5.41) is 0. The minimum absolute atomic E-state index is 0.745. The van der Waals surface area contributed by atoms with Crippen LogP contribution >= 0.6 is 0 Å². The van der Waals surface area contributed by atoms with E-state index in [9.17, 15) is 0 Å². The van der Waals surface area contributed by atoms with Crippen LogP contribution in [0.1, 0.15) is 12.0 Å². The smallest absolute Gasteiger partial charge is 0.0937 e. The Bertz CT molecular complexity index is 222. The van der Waals surface area contributed by atoms with E-state index < -0.39 is 0 Å². The Hall–Kier alpha value is -1.02. The van der Waals surface area contributed by atoms with Crippen molar-refractivity contribution in [1.82, 2.24) is 5.48 Å². The van der Waals surface area contributed by atoms with Gasteiger partial charge in [-0.25, -0.2) is 0 Å². The summed E-state index contributed by atoms with van der Waals surface area (Å²) >= 11 is 0. The maximum atomic E-state index is 5.05. The van der Waals surface area contributed by atoms with Gasteiger partial charge in [0, 0.05) is 0 Å². The highest BCUT2D eigenvalue weighted by Gasteiger charge is 2.06. The molecule has 0 amide bonds. The molecule has 2 nitrogen and oxygen atoms in total. The second-order valence-corrected chi connectivity index (χ2v) is 2.66. The third-order valence-electron chi connectivity index (χ3n) is 1.84. The van der Waals surface area contributed by atoms with Crippen molar-refractivity contribution in [3.63, 3.8) is 0 Å². The van der Waals surface area contributed by atoms with Crippen molar-refractivity contribution in [2.24, 2.45) is 0 Å². The summed E-state index contributed by atoms with van der Waals surface area (Å²) in [4.78, 5) is 5.05. The van der Waals surface area contributed by atoms with Crippen LogP contribution in [-0.2, 0) is 11.3 Å². The van der Waals surface area contributed by atoms with Gasteiger partial charge in [-0.15, -0.1) is 5.48 Å². The van der Waals surface area contributed by atoms with E-state index in [-0.39, 0.29) is 0 Å². The average Bonchev–Trinajstić information content (AvgIpc) is 2.28. The number of nitrogens with zero attached hydrogens (tertiary/aromatic N) is 1. The summed E-state index contributed by atoms with van der Waals surface area (Å²) in [7, 11) is 0. The molecule has 0 spiro atoms. The van der Waals surface area contributed by atoms with Crippen LogP contribution in [-0.4, -0.2) is 6.61 Å². The number of fused-ring (bicyclic) bond motifs is 1. The predicted octanol–water partition coefficient (Wildman–Crippen LogP) is 1.80. The molecule has 0 unspecified atom stereocenters. The first kappa shape index (κ1) is 6.68. The van der Waals surface area contributed by atoms with Crippen molar-refractivity contribution < 1.29 is 4.84 Å². The molecule has 1 radical (unpaired) electrons. The van der Waals surface area contributed by atoms with Crippen LogP contribution in [0.5, 0.6) is 0 Å². The van der Waals surface area contributed by atoms with Crippen LogP contribution < -0.4 is 5.48 Å². The van der Waals surface area contributed by atoms with Crippen LogP contribution in [0.25, 0.3) is 0 Å². The number of hydrogen-bond donors (Lipinski definition) is 0. The van der Waals surface area contributed by atoms with Crippen molar-refractivity contribution in [1.29, 1.82) is 0 Å². The second kappa shape index (κ2) is 2.93. The van der Waals surface area contributed by atoms with Gasteiger partial charge in [0.25, 0.3) is 0 Å². The van der Waals surface area contributed by atoms with E-state index in [1.54, 1.807) is 0 Å². The van der Waals surface area contributed by atoms with E-state index in [2.05, 4.69) is 11.5 Å². The Balaban J connectivity index is 2.33. The van der Waals surface area contributed by atoms with Gasteiger partial charge in [0.2, 0.25) is 0 Å². The van der Waals surface area contributed by atoms with Crippen molar-refractivity contribution in [2.45, 2.75) is 12.8 Å². The van der Waals surface area contributed by atoms with Gasteiger partial charge in [-0.05, 0) is 24.5 Å². The lowest BCUT2D eigenvalue weighted by molar-refractivity contribution is 0.0717. The molecule has 1 aliphatic rings. The summed E-state index contributed by atoms with van der Waals surface area (Å²) in [6.45, 7) is 0.745. The summed E-state index contributed by atoms with van der Waals surface area (Å²) in [6.07, 6.45) is 2.15. The van der Waals surface area contributed by atoms with Crippen LogP contribution in [0.15, 0.2) is 24.3 Å². The van der Waals surface area contributed by atoms with Gasteiger partial charge < -0.3 is 0 Å². The third-order valence-corrected chi connectivity index (χ3v) is 1.84. The summed E-state index contributed by atoms with van der Waals surface area (Å²) in [5.41, 5.74) is 6.27. The molecular formula is C9H10NO. The van der Waals surface area contributed by atoms with Gasteiger partial charge in [-0.2, -0.15) is 0 Å². The largest absolute Gasteiger partial charge is 0.252 e. The zero-order valence-electron chi connectivity index (χ0n) is 6.29. The summed E-state index contributed by atoms with van der Waals surface area (Å²) < 4.78 is 0. The Labute approximate surface area is 66.1 Å². The topological polar surface area (TPSA) is 23.3 Å². The molecule has 1 aliphatic heterocycles. The zero-order chi connectivity index (χ0) is 7.52. The predicted molar refractivity (Wildman–Crippen MR) is 42.5 cm³/mol. The minimum Gasteiger partial charge on any atom is -0.252 e. The molecule has 1 heterocycles. The standard InChI is InChI=1S/C9H10NO/c1-2-6-9-8(4-1)5-3-7-11-10-9/h1-2,4,6H,3,5,7H2. The van der Waals surface area contributed by atoms with Crippen LogP contribution in [0, 0.1) is 0 Å². The highest BCUT2D eigenvalue weighted by Crippen LogP contribution is 2.19. The van der Waals surface area contributed by atoms with Gasteiger partial charge in [-0.1, -0.05) is 18.2 Å². The van der Waals surface area contributed by atoms with E-state index in [1.807, 2.05) is 18.2 Å². The molecule has 0 saturated carbocycles. The fourth-order valence-corrected chi connectivity index (χ4v) is 1.25. The minimum atomic E-state index is 0.745. The Morgan fingerprint density at radius 2 is 2.18 bits per heavy atom. The van der Waals surface area contributed by atoms with Crippen LogP contribution in [0.2, 0.25) is 0 Å². The first-order chi connectivity index (χ1) is 5.47. The van der Waals surface area contributed by atoms with Crippen molar-refractivity contribution in [3.8, 4) is 0 Å². The molecule has 0 aliphatic carbocycles. The third kappa shape index (κ3) is 1.35. The van der Waals surface area contributed by atoms with E-state index in [4.69, 9.17) is 4.84 Å². The SMILES string of the molecule is c1ccc2c(c1)CCCO[N]2. The molecule has 2 heteroatoms. The molecule has 11 heavy (non-hydrogen) atoms. The second-order valence-electron chi connectivity index (χ2n) is 2.66. The molecule has 1 aromatic rings. The van der Waals surface area contributed by atoms with Gasteiger partial charge in [0.15, 0.2) is 0 Å². The van der Waals surface area contributed by atoms with Gasteiger partial charge in [0.05, 0.1) is 12.3 Å². The lowest BCUT2D eigenvalue weighted by Crippen LogP contribution is -1.97. The average molecular weight is 148 g/mol. The Morgan fingerprint density at radius 3 is 3.18 bits per heavy atom. The maximum Gasteiger partial charge on any atom is 0.0937 e. The maximum absolute atomic E-state index is 5.05. The number of aryl methyl sites for hydroxylation is 1. The fourth-order valence-electron chi connectivity index (χ4n) is 1.25. The quantitative estimate of drug-likeness (QED) is 0.550. The molecule has 0 aromatic heterocycles. The van der Waals surface area contributed by atoms with Gasteiger partial charge in [0.1, 0.15) is 0 Å². The normalized spacial score (nSPS) is 16.4. The molecule has 0 fully saturated rings. The highest BCUT2D eigenvalue weighted by molar-refractivity contribution is 5.44. The Morgan fingerprint density at radius 1 is 1.27 bits per heavy atom. The van der Waals surface area contributed by atoms with Crippen LogP contribution in [0.4, 0.5) is 5.69 Å². The first-order valence-electron chi connectivity index (χ1n) is 3.88. The van der Waals surface area contributed by atoms with E-state index in [0.717, 1.165) is 25.1 Å². The number of hydrogen-bond acceptors (Lipinski definition) is 1. The highest BCUT2D eigenvalue weighted by atomic mass is 16.6. The monoisotopic (exact) mass is 148 g/mol. The van der Waals surface area contributed by atoms with Gasteiger partial charge >= 0.3 is 0 Å². The van der Waals surface area contributed by atoms with Crippen molar-refractivity contribution >= 4 is 5.69 Å². The van der Waals surface area contributed by atoms with E-state index in [1.165, 1.54) is 5.56 Å². The number of benzene rings is 1.